The molecule has 8 heteroatoms. The molecule has 0 aliphatic carbocycles. The van der Waals surface area contributed by atoms with Crippen molar-refractivity contribution >= 4 is 28.8 Å². The number of carboxylic acids is 1. The SMILES string of the molecule is CC(C)CC(CNc1nc(N)c2cnn(C)c2n1)C(=O)O. The van der Waals surface area contributed by atoms with Gasteiger partial charge in [-0.2, -0.15) is 15.1 Å². The third-order valence-electron chi connectivity index (χ3n) is 3.23. The summed E-state index contributed by atoms with van der Waals surface area (Å²) in [6.45, 7) is 4.24. The van der Waals surface area contributed by atoms with Gasteiger partial charge in [0.25, 0.3) is 0 Å². The average Bonchev–Trinajstić information content (AvgIpc) is 2.76. The first-order chi connectivity index (χ1) is 9.88. The Hall–Kier alpha value is -2.38. The molecule has 0 bridgehead atoms. The number of aromatic nitrogens is 4. The third kappa shape index (κ3) is 3.39. The number of carbonyl (C=O) groups is 1. The van der Waals surface area contributed by atoms with Crippen molar-refractivity contribution in [3.63, 3.8) is 0 Å². The zero-order valence-corrected chi connectivity index (χ0v) is 12.4. The topological polar surface area (TPSA) is 119 Å². The zero-order valence-electron chi connectivity index (χ0n) is 12.4. The number of aliphatic carboxylic acids is 1. The van der Waals surface area contributed by atoms with Crippen LogP contribution in [0.1, 0.15) is 20.3 Å². The summed E-state index contributed by atoms with van der Waals surface area (Å²) in [6.07, 6.45) is 2.19. The Balaban J connectivity index is 2.15. The molecule has 0 aliphatic heterocycles. The molecule has 2 aromatic heterocycles. The summed E-state index contributed by atoms with van der Waals surface area (Å²) in [5.41, 5.74) is 6.47. The number of rotatable bonds is 6. The van der Waals surface area contributed by atoms with Crippen LogP contribution in [-0.2, 0) is 11.8 Å². The van der Waals surface area contributed by atoms with Crippen LogP contribution in [0.5, 0.6) is 0 Å². The molecule has 8 nitrogen and oxygen atoms in total. The van der Waals surface area contributed by atoms with Crippen molar-refractivity contribution in [2.45, 2.75) is 20.3 Å². The molecule has 0 spiro atoms. The molecule has 0 amide bonds. The first-order valence-electron chi connectivity index (χ1n) is 6.80. The lowest BCUT2D eigenvalue weighted by molar-refractivity contribution is -0.141. The van der Waals surface area contributed by atoms with Gasteiger partial charge in [0.2, 0.25) is 5.95 Å². The number of nitrogens with one attached hydrogen (secondary N) is 1. The molecule has 2 rings (SSSR count). The van der Waals surface area contributed by atoms with E-state index in [0.29, 0.717) is 35.1 Å². The molecular weight excluding hydrogens is 272 g/mol. The third-order valence-corrected chi connectivity index (χ3v) is 3.23. The van der Waals surface area contributed by atoms with Gasteiger partial charge in [0.05, 0.1) is 17.5 Å². The minimum atomic E-state index is -0.828. The quantitative estimate of drug-likeness (QED) is 0.729. The van der Waals surface area contributed by atoms with E-state index in [1.807, 2.05) is 13.8 Å². The van der Waals surface area contributed by atoms with Crippen LogP contribution < -0.4 is 11.1 Å². The molecule has 0 fully saturated rings. The van der Waals surface area contributed by atoms with Crippen LogP contribution in [0.25, 0.3) is 11.0 Å². The standard InChI is InChI=1S/C13H20N6O2/c1-7(2)4-8(12(20)21)5-15-13-17-10(14)9-6-16-19(3)11(9)18-13/h6-8H,4-5H2,1-3H3,(H,20,21)(H3,14,15,17,18). The van der Waals surface area contributed by atoms with Crippen LogP contribution in [0.2, 0.25) is 0 Å². The van der Waals surface area contributed by atoms with Crippen LogP contribution in [0, 0.1) is 11.8 Å². The summed E-state index contributed by atoms with van der Waals surface area (Å²) in [5.74, 6) is -0.369. The van der Waals surface area contributed by atoms with Gasteiger partial charge in [-0.05, 0) is 12.3 Å². The van der Waals surface area contributed by atoms with Crippen molar-refractivity contribution in [2.24, 2.45) is 18.9 Å². The number of carboxylic acid groups (broad SMARTS) is 1. The predicted octanol–water partition coefficient (Wildman–Crippen LogP) is 1.10. The zero-order chi connectivity index (χ0) is 15.6. The second-order valence-electron chi connectivity index (χ2n) is 5.48. The average molecular weight is 292 g/mol. The maximum atomic E-state index is 11.2. The second kappa shape index (κ2) is 5.94. The molecule has 0 saturated heterocycles. The van der Waals surface area contributed by atoms with Gasteiger partial charge in [-0.3, -0.25) is 9.48 Å². The molecule has 0 aromatic carbocycles. The number of hydrogen-bond donors (Lipinski definition) is 3. The van der Waals surface area contributed by atoms with E-state index in [4.69, 9.17) is 5.73 Å². The van der Waals surface area contributed by atoms with Crippen molar-refractivity contribution in [1.29, 1.82) is 0 Å². The van der Waals surface area contributed by atoms with Gasteiger partial charge in [-0.25, -0.2) is 0 Å². The van der Waals surface area contributed by atoms with E-state index in [0.717, 1.165) is 0 Å². The number of nitrogens with two attached hydrogens (primary N) is 1. The smallest absolute Gasteiger partial charge is 0.308 e. The molecule has 4 N–H and O–H groups in total. The highest BCUT2D eigenvalue weighted by atomic mass is 16.4. The van der Waals surface area contributed by atoms with Crippen molar-refractivity contribution in [3.8, 4) is 0 Å². The van der Waals surface area contributed by atoms with E-state index in [9.17, 15) is 9.90 Å². The molecule has 1 atom stereocenters. The largest absolute Gasteiger partial charge is 0.481 e. The maximum absolute atomic E-state index is 11.2. The molecule has 114 valence electrons. The number of nitrogen functional groups attached to an aromatic ring is 1. The Kier molecular flexibility index (Phi) is 4.25. The maximum Gasteiger partial charge on any atom is 0.308 e. The number of nitrogens with zero attached hydrogens (tertiary/aromatic N) is 4. The minimum absolute atomic E-state index is 0.260. The van der Waals surface area contributed by atoms with Gasteiger partial charge in [-0.15, -0.1) is 0 Å². The predicted molar refractivity (Wildman–Crippen MR) is 79.8 cm³/mol. The summed E-state index contributed by atoms with van der Waals surface area (Å²) in [6, 6.07) is 0. The lowest BCUT2D eigenvalue weighted by Gasteiger charge is -2.15. The fourth-order valence-corrected chi connectivity index (χ4v) is 2.18. The number of anilines is 2. The molecule has 1 unspecified atom stereocenters. The van der Waals surface area contributed by atoms with Crippen molar-refractivity contribution in [1.82, 2.24) is 19.7 Å². The molecule has 21 heavy (non-hydrogen) atoms. The van der Waals surface area contributed by atoms with Crippen LogP contribution in [-0.4, -0.2) is 37.4 Å². The lowest BCUT2D eigenvalue weighted by atomic mass is 9.97. The van der Waals surface area contributed by atoms with Crippen molar-refractivity contribution in [2.75, 3.05) is 17.6 Å². The molecule has 2 aromatic rings. The summed E-state index contributed by atoms with van der Waals surface area (Å²) in [7, 11) is 1.76. The normalized spacial score (nSPS) is 12.8. The first kappa shape index (κ1) is 15.0. The van der Waals surface area contributed by atoms with E-state index in [1.54, 1.807) is 17.9 Å². The van der Waals surface area contributed by atoms with Crippen LogP contribution in [0.15, 0.2) is 6.20 Å². The van der Waals surface area contributed by atoms with Crippen LogP contribution in [0.3, 0.4) is 0 Å². The molecule has 0 radical (unpaired) electrons. The number of hydrogen-bond acceptors (Lipinski definition) is 6. The van der Waals surface area contributed by atoms with Gasteiger partial charge in [0.15, 0.2) is 5.65 Å². The van der Waals surface area contributed by atoms with Gasteiger partial charge in [0.1, 0.15) is 5.82 Å². The summed E-state index contributed by atoms with van der Waals surface area (Å²) in [4.78, 5) is 19.7. The van der Waals surface area contributed by atoms with Gasteiger partial charge in [-0.1, -0.05) is 13.8 Å². The molecule has 2 heterocycles. The van der Waals surface area contributed by atoms with Crippen LogP contribution in [0.4, 0.5) is 11.8 Å². The van der Waals surface area contributed by atoms with E-state index < -0.39 is 11.9 Å². The summed E-state index contributed by atoms with van der Waals surface area (Å²) in [5, 5.41) is 16.9. The van der Waals surface area contributed by atoms with E-state index in [-0.39, 0.29) is 6.54 Å². The molecular formula is C13H20N6O2. The highest BCUT2D eigenvalue weighted by Gasteiger charge is 2.19. The fraction of sp³-hybridized carbons (Fsp3) is 0.538. The van der Waals surface area contributed by atoms with E-state index >= 15 is 0 Å². The lowest BCUT2D eigenvalue weighted by Crippen LogP contribution is -2.25. The molecule has 0 saturated carbocycles. The Morgan fingerprint density at radius 1 is 1.48 bits per heavy atom. The van der Waals surface area contributed by atoms with Gasteiger partial charge in [0, 0.05) is 13.6 Å². The van der Waals surface area contributed by atoms with E-state index in [2.05, 4.69) is 20.4 Å². The second-order valence-corrected chi connectivity index (χ2v) is 5.48. The molecule has 0 aliphatic rings. The van der Waals surface area contributed by atoms with E-state index in [1.165, 1.54) is 0 Å². The van der Waals surface area contributed by atoms with Gasteiger partial charge < -0.3 is 16.2 Å². The Bertz CT molecular complexity index is 651. The summed E-state index contributed by atoms with van der Waals surface area (Å²) >= 11 is 0. The van der Waals surface area contributed by atoms with Crippen molar-refractivity contribution < 1.29 is 9.90 Å². The Labute approximate surface area is 122 Å². The minimum Gasteiger partial charge on any atom is -0.481 e. The first-order valence-corrected chi connectivity index (χ1v) is 6.80. The summed E-state index contributed by atoms with van der Waals surface area (Å²) < 4.78 is 1.60. The van der Waals surface area contributed by atoms with Crippen molar-refractivity contribution in [3.05, 3.63) is 6.20 Å². The fourth-order valence-electron chi connectivity index (χ4n) is 2.18. The highest BCUT2D eigenvalue weighted by Crippen LogP contribution is 2.19. The Morgan fingerprint density at radius 3 is 2.81 bits per heavy atom. The number of aryl methyl sites for hydroxylation is 1. The highest BCUT2D eigenvalue weighted by molar-refractivity contribution is 5.86. The monoisotopic (exact) mass is 292 g/mol. The number of fused-ring (bicyclic) bond motifs is 1. The van der Waals surface area contributed by atoms with Crippen LogP contribution >= 0.6 is 0 Å². The Morgan fingerprint density at radius 2 is 2.19 bits per heavy atom. The van der Waals surface area contributed by atoms with Gasteiger partial charge >= 0.3 is 5.97 Å².